The first-order valence-electron chi connectivity index (χ1n) is 7.83. The molecular formula is C18H20N2O4. The molecule has 0 radical (unpaired) electrons. The lowest BCUT2D eigenvalue weighted by Crippen LogP contribution is -2.14. The largest absolute Gasteiger partial charge is 0.462 e. The molecule has 0 fully saturated rings. The molecule has 24 heavy (non-hydrogen) atoms. The Morgan fingerprint density at radius 1 is 0.708 bits per heavy atom. The average molecular weight is 328 g/mol. The van der Waals surface area contributed by atoms with Gasteiger partial charge in [0, 0.05) is 37.6 Å². The van der Waals surface area contributed by atoms with Crippen molar-refractivity contribution in [2.24, 2.45) is 0 Å². The van der Waals surface area contributed by atoms with Crippen LogP contribution < -0.4 is 0 Å². The smallest absolute Gasteiger partial charge is 0.306 e. The first kappa shape index (κ1) is 17.6. The van der Waals surface area contributed by atoms with Gasteiger partial charge in [0.25, 0.3) is 0 Å². The first-order valence-corrected chi connectivity index (χ1v) is 7.83. The van der Waals surface area contributed by atoms with Crippen LogP contribution >= 0.6 is 0 Å². The summed E-state index contributed by atoms with van der Waals surface area (Å²) in [5, 5.41) is 0. The van der Waals surface area contributed by atoms with E-state index in [1.54, 1.807) is 24.8 Å². The van der Waals surface area contributed by atoms with Crippen LogP contribution in [0.1, 0.15) is 24.0 Å². The van der Waals surface area contributed by atoms with Crippen LogP contribution in [0.5, 0.6) is 0 Å². The predicted molar refractivity (Wildman–Crippen MR) is 87.0 cm³/mol. The molecule has 6 heteroatoms. The molecule has 0 saturated heterocycles. The summed E-state index contributed by atoms with van der Waals surface area (Å²) < 4.78 is 10.1. The van der Waals surface area contributed by atoms with Crippen LogP contribution in [0.25, 0.3) is 0 Å². The monoisotopic (exact) mass is 328 g/mol. The van der Waals surface area contributed by atoms with E-state index in [0.717, 1.165) is 11.1 Å². The highest BCUT2D eigenvalue weighted by atomic mass is 16.6. The van der Waals surface area contributed by atoms with Crippen molar-refractivity contribution in [2.45, 2.75) is 25.7 Å². The van der Waals surface area contributed by atoms with Crippen LogP contribution in [0.4, 0.5) is 0 Å². The standard InChI is InChI=1S/C18H20N2O4/c21-17(3-1-15-5-9-19-10-6-15)23-13-14-24-18(22)4-2-16-7-11-20-12-8-16/h5-12H,1-4,13-14H2. The lowest BCUT2D eigenvalue weighted by Gasteiger charge is -2.06. The zero-order chi connectivity index (χ0) is 17.0. The van der Waals surface area contributed by atoms with E-state index in [4.69, 9.17) is 9.47 Å². The van der Waals surface area contributed by atoms with Crippen LogP contribution in [0, 0.1) is 0 Å². The van der Waals surface area contributed by atoms with Crippen molar-refractivity contribution in [1.29, 1.82) is 0 Å². The third kappa shape index (κ3) is 7.00. The number of nitrogens with zero attached hydrogens (tertiary/aromatic N) is 2. The topological polar surface area (TPSA) is 78.4 Å². The highest BCUT2D eigenvalue weighted by molar-refractivity contribution is 5.70. The summed E-state index contributed by atoms with van der Waals surface area (Å²) in [6.45, 7) is 0.159. The van der Waals surface area contributed by atoms with Gasteiger partial charge in [0.2, 0.25) is 0 Å². The molecule has 0 aliphatic carbocycles. The number of aryl methyl sites for hydroxylation is 2. The lowest BCUT2D eigenvalue weighted by atomic mass is 10.1. The number of aromatic nitrogens is 2. The van der Waals surface area contributed by atoms with Gasteiger partial charge in [-0.1, -0.05) is 0 Å². The van der Waals surface area contributed by atoms with E-state index in [1.165, 1.54) is 0 Å². The highest BCUT2D eigenvalue weighted by Crippen LogP contribution is 2.03. The summed E-state index contributed by atoms with van der Waals surface area (Å²) in [6.07, 6.45) is 8.54. The third-order valence-corrected chi connectivity index (χ3v) is 3.34. The third-order valence-electron chi connectivity index (χ3n) is 3.34. The summed E-state index contributed by atoms with van der Waals surface area (Å²) in [4.78, 5) is 31.0. The van der Waals surface area contributed by atoms with Gasteiger partial charge in [0.05, 0.1) is 0 Å². The Hall–Kier alpha value is -2.76. The second-order valence-electron chi connectivity index (χ2n) is 5.15. The number of esters is 2. The van der Waals surface area contributed by atoms with Crippen molar-refractivity contribution < 1.29 is 19.1 Å². The average Bonchev–Trinajstić information content (AvgIpc) is 2.63. The first-order chi connectivity index (χ1) is 11.7. The Kier molecular flexibility index (Phi) is 7.40. The normalized spacial score (nSPS) is 10.2. The number of hydrogen-bond acceptors (Lipinski definition) is 6. The Balaban J connectivity index is 1.52. The molecule has 2 aromatic rings. The van der Waals surface area contributed by atoms with E-state index in [0.29, 0.717) is 25.7 Å². The molecule has 2 aromatic heterocycles. The number of rotatable bonds is 9. The lowest BCUT2D eigenvalue weighted by molar-refractivity contribution is -0.152. The molecule has 0 bridgehead atoms. The van der Waals surface area contributed by atoms with Crippen molar-refractivity contribution in [3.8, 4) is 0 Å². The molecule has 0 spiro atoms. The predicted octanol–water partition coefficient (Wildman–Crippen LogP) is 2.13. The maximum Gasteiger partial charge on any atom is 0.306 e. The summed E-state index contributed by atoms with van der Waals surface area (Å²) in [7, 11) is 0. The number of carbonyl (C=O) groups is 2. The van der Waals surface area contributed by atoms with E-state index in [2.05, 4.69) is 9.97 Å². The summed E-state index contributed by atoms with van der Waals surface area (Å²) in [6, 6.07) is 7.44. The summed E-state index contributed by atoms with van der Waals surface area (Å²) >= 11 is 0. The minimum Gasteiger partial charge on any atom is -0.462 e. The Morgan fingerprint density at radius 2 is 1.08 bits per heavy atom. The fourth-order valence-electron chi connectivity index (χ4n) is 2.05. The number of ether oxygens (including phenoxy) is 2. The fraction of sp³-hybridized carbons (Fsp3) is 0.333. The molecule has 2 rings (SSSR count). The molecule has 6 nitrogen and oxygen atoms in total. The Labute approximate surface area is 140 Å². The molecule has 0 saturated carbocycles. The summed E-state index contributed by atoms with van der Waals surface area (Å²) in [5.41, 5.74) is 2.06. The van der Waals surface area contributed by atoms with E-state index >= 15 is 0 Å². The summed E-state index contributed by atoms with van der Waals surface area (Å²) in [5.74, 6) is -0.612. The Bertz CT molecular complexity index is 574. The van der Waals surface area contributed by atoms with Gasteiger partial charge in [-0.2, -0.15) is 0 Å². The van der Waals surface area contributed by atoms with Crippen molar-refractivity contribution in [3.05, 3.63) is 60.2 Å². The van der Waals surface area contributed by atoms with Crippen LogP contribution in [0.3, 0.4) is 0 Å². The van der Waals surface area contributed by atoms with Gasteiger partial charge in [-0.3, -0.25) is 19.6 Å². The molecule has 0 amide bonds. The molecular weight excluding hydrogens is 308 g/mol. The number of hydrogen-bond donors (Lipinski definition) is 0. The van der Waals surface area contributed by atoms with Crippen molar-refractivity contribution in [1.82, 2.24) is 9.97 Å². The molecule has 0 aliphatic rings. The van der Waals surface area contributed by atoms with Gasteiger partial charge in [0.1, 0.15) is 13.2 Å². The van der Waals surface area contributed by atoms with Crippen molar-refractivity contribution in [3.63, 3.8) is 0 Å². The molecule has 2 heterocycles. The molecule has 0 unspecified atom stereocenters. The van der Waals surface area contributed by atoms with E-state index < -0.39 is 0 Å². The quantitative estimate of drug-likeness (QED) is 0.518. The minimum atomic E-state index is -0.306. The van der Waals surface area contributed by atoms with Gasteiger partial charge < -0.3 is 9.47 Å². The number of pyridine rings is 2. The van der Waals surface area contributed by atoms with Gasteiger partial charge in [0.15, 0.2) is 0 Å². The second-order valence-corrected chi connectivity index (χ2v) is 5.15. The maximum absolute atomic E-state index is 11.6. The molecule has 126 valence electrons. The SMILES string of the molecule is O=C(CCc1ccncc1)OCCOC(=O)CCc1ccncc1. The van der Waals surface area contributed by atoms with Gasteiger partial charge >= 0.3 is 11.9 Å². The maximum atomic E-state index is 11.6. The fourth-order valence-corrected chi connectivity index (χ4v) is 2.05. The minimum absolute atomic E-state index is 0.0795. The number of carbonyl (C=O) groups excluding carboxylic acids is 2. The van der Waals surface area contributed by atoms with Crippen LogP contribution in [0.2, 0.25) is 0 Å². The van der Waals surface area contributed by atoms with Gasteiger partial charge in [-0.15, -0.1) is 0 Å². The van der Waals surface area contributed by atoms with E-state index in [-0.39, 0.29) is 25.2 Å². The molecule has 0 N–H and O–H groups in total. The van der Waals surface area contributed by atoms with Crippen molar-refractivity contribution in [2.75, 3.05) is 13.2 Å². The van der Waals surface area contributed by atoms with Gasteiger partial charge in [-0.05, 0) is 48.2 Å². The van der Waals surface area contributed by atoms with Crippen LogP contribution in [0.15, 0.2) is 49.1 Å². The van der Waals surface area contributed by atoms with E-state index in [1.807, 2.05) is 24.3 Å². The zero-order valence-corrected chi connectivity index (χ0v) is 13.4. The van der Waals surface area contributed by atoms with Crippen molar-refractivity contribution >= 4 is 11.9 Å². The molecule has 0 aromatic carbocycles. The van der Waals surface area contributed by atoms with E-state index in [9.17, 15) is 9.59 Å². The second kappa shape index (κ2) is 10.1. The Morgan fingerprint density at radius 3 is 1.46 bits per heavy atom. The van der Waals surface area contributed by atoms with Gasteiger partial charge in [-0.25, -0.2) is 0 Å². The van der Waals surface area contributed by atoms with Crippen LogP contribution in [-0.4, -0.2) is 35.1 Å². The zero-order valence-electron chi connectivity index (χ0n) is 13.4. The molecule has 0 aliphatic heterocycles. The van der Waals surface area contributed by atoms with Crippen LogP contribution in [-0.2, 0) is 31.9 Å². The highest BCUT2D eigenvalue weighted by Gasteiger charge is 2.06. The molecule has 0 atom stereocenters.